The summed E-state index contributed by atoms with van der Waals surface area (Å²) in [4.78, 5) is 2.38. The molecule has 0 aromatic heterocycles. The topological polar surface area (TPSA) is 49.5 Å². The van der Waals surface area contributed by atoms with Crippen molar-refractivity contribution in [3.63, 3.8) is 0 Å². The number of benzene rings is 1. The van der Waals surface area contributed by atoms with Crippen molar-refractivity contribution in [2.45, 2.75) is 32.0 Å². The lowest BCUT2D eigenvalue weighted by molar-refractivity contribution is 0.174. The molecule has 1 heterocycles. The number of aliphatic hydroxyl groups excluding tert-OH is 1. The molecule has 2 rings (SSSR count). The number of rotatable bonds is 4. The first-order valence-corrected chi connectivity index (χ1v) is 5.80. The van der Waals surface area contributed by atoms with Gasteiger partial charge in [-0.2, -0.15) is 0 Å². The molecule has 1 aromatic carbocycles. The lowest BCUT2D eigenvalue weighted by atomic mass is 10.0. The van der Waals surface area contributed by atoms with Crippen LogP contribution in [0.4, 0.5) is 0 Å². The Bertz CT molecular complexity index is 338. The van der Waals surface area contributed by atoms with E-state index in [0.29, 0.717) is 0 Å². The lowest BCUT2D eigenvalue weighted by Gasteiger charge is -2.25. The summed E-state index contributed by atoms with van der Waals surface area (Å²) in [6.45, 7) is 4.92. The summed E-state index contributed by atoms with van der Waals surface area (Å²) in [7, 11) is 0. The van der Waals surface area contributed by atoms with E-state index < -0.39 is 5.54 Å². The highest BCUT2D eigenvalue weighted by Crippen LogP contribution is 2.22. The minimum absolute atomic E-state index is 0.0494. The largest absolute Gasteiger partial charge is 0.394 e. The van der Waals surface area contributed by atoms with Crippen LogP contribution in [0, 0.1) is 0 Å². The number of nitrogens with zero attached hydrogens (tertiary/aromatic N) is 1. The molecule has 0 radical (unpaired) electrons. The summed E-state index contributed by atoms with van der Waals surface area (Å²) in [5, 5.41) is 9.10. The fourth-order valence-electron chi connectivity index (χ4n) is 2.05. The van der Waals surface area contributed by atoms with E-state index in [4.69, 9.17) is 10.8 Å². The number of hydrogen-bond donors (Lipinski definition) is 2. The smallest absolute Gasteiger partial charge is 0.0608 e. The zero-order valence-corrected chi connectivity index (χ0v) is 9.82. The van der Waals surface area contributed by atoms with Crippen molar-refractivity contribution in [1.82, 2.24) is 4.90 Å². The van der Waals surface area contributed by atoms with Gasteiger partial charge in [0.05, 0.1) is 6.61 Å². The Kier molecular flexibility index (Phi) is 3.28. The maximum atomic E-state index is 9.10. The fourth-order valence-corrected chi connectivity index (χ4v) is 2.05. The molecule has 88 valence electrons. The third-order valence-corrected chi connectivity index (χ3v) is 3.27. The second-order valence-corrected chi connectivity index (χ2v) is 5.04. The normalized spacial score (nSPS) is 19.4. The minimum atomic E-state index is -0.450. The van der Waals surface area contributed by atoms with E-state index in [0.717, 1.165) is 26.1 Å². The van der Waals surface area contributed by atoms with Gasteiger partial charge < -0.3 is 10.8 Å². The summed E-state index contributed by atoms with van der Waals surface area (Å²) < 4.78 is 0. The van der Waals surface area contributed by atoms with E-state index in [2.05, 4.69) is 29.2 Å². The summed E-state index contributed by atoms with van der Waals surface area (Å²) in [6.07, 6.45) is 0.831. The van der Waals surface area contributed by atoms with Crippen molar-refractivity contribution in [3.8, 4) is 0 Å². The molecule has 16 heavy (non-hydrogen) atoms. The van der Waals surface area contributed by atoms with Gasteiger partial charge >= 0.3 is 0 Å². The van der Waals surface area contributed by atoms with E-state index in [9.17, 15) is 0 Å². The molecule has 1 aliphatic heterocycles. The molecule has 0 bridgehead atoms. The minimum Gasteiger partial charge on any atom is -0.394 e. The molecule has 0 saturated heterocycles. The summed E-state index contributed by atoms with van der Waals surface area (Å²) in [5.41, 5.74) is 8.32. The molecule has 0 fully saturated rings. The van der Waals surface area contributed by atoms with Crippen molar-refractivity contribution in [2.75, 3.05) is 13.2 Å². The highest BCUT2D eigenvalue weighted by Gasteiger charge is 2.22. The maximum Gasteiger partial charge on any atom is 0.0608 e. The Hall–Kier alpha value is -0.900. The molecule has 1 unspecified atom stereocenters. The van der Waals surface area contributed by atoms with Crippen LogP contribution in [0.3, 0.4) is 0 Å². The van der Waals surface area contributed by atoms with Crippen LogP contribution in [0.5, 0.6) is 0 Å². The Labute approximate surface area is 96.9 Å². The molecule has 1 aromatic rings. The quantitative estimate of drug-likeness (QED) is 0.799. The highest BCUT2D eigenvalue weighted by molar-refractivity contribution is 5.30. The number of nitrogens with two attached hydrogens (primary N) is 1. The zero-order valence-electron chi connectivity index (χ0n) is 9.82. The van der Waals surface area contributed by atoms with Crippen LogP contribution in [0.15, 0.2) is 24.3 Å². The summed E-state index contributed by atoms with van der Waals surface area (Å²) >= 11 is 0. The van der Waals surface area contributed by atoms with Crippen LogP contribution in [-0.4, -0.2) is 28.7 Å². The molecule has 3 heteroatoms. The Balaban J connectivity index is 1.88. The van der Waals surface area contributed by atoms with Crippen molar-refractivity contribution >= 4 is 0 Å². The van der Waals surface area contributed by atoms with Gasteiger partial charge in [-0.05, 0) is 24.5 Å². The van der Waals surface area contributed by atoms with Crippen molar-refractivity contribution < 1.29 is 5.11 Å². The SMILES string of the molecule is CC(N)(CO)CCN1Cc2ccccc2C1. The summed E-state index contributed by atoms with van der Waals surface area (Å²) in [5.74, 6) is 0. The molecule has 3 N–H and O–H groups in total. The van der Waals surface area contributed by atoms with Gasteiger partial charge in [0, 0.05) is 25.2 Å². The van der Waals surface area contributed by atoms with Gasteiger partial charge in [0.15, 0.2) is 0 Å². The van der Waals surface area contributed by atoms with Crippen LogP contribution >= 0.6 is 0 Å². The predicted molar refractivity (Wildman–Crippen MR) is 64.9 cm³/mol. The highest BCUT2D eigenvalue weighted by atomic mass is 16.3. The van der Waals surface area contributed by atoms with Crippen molar-refractivity contribution in [3.05, 3.63) is 35.4 Å². The average Bonchev–Trinajstić information content (AvgIpc) is 2.69. The molecule has 0 spiro atoms. The van der Waals surface area contributed by atoms with Gasteiger partial charge in [0.2, 0.25) is 0 Å². The molecule has 0 amide bonds. The molecule has 3 nitrogen and oxygen atoms in total. The Morgan fingerprint density at radius 2 is 1.88 bits per heavy atom. The molecule has 0 saturated carbocycles. The number of hydrogen-bond acceptors (Lipinski definition) is 3. The first-order valence-electron chi connectivity index (χ1n) is 5.80. The zero-order chi connectivity index (χ0) is 11.6. The van der Waals surface area contributed by atoms with Crippen LogP contribution in [0.25, 0.3) is 0 Å². The first kappa shape index (κ1) is 11.6. The van der Waals surface area contributed by atoms with E-state index in [1.165, 1.54) is 11.1 Å². The third-order valence-electron chi connectivity index (χ3n) is 3.27. The second-order valence-electron chi connectivity index (χ2n) is 5.04. The molecular weight excluding hydrogens is 200 g/mol. The van der Waals surface area contributed by atoms with Gasteiger partial charge in [0.25, 0.3) is 0 Å². The van der Waals surface area contributed by atoms with E-state index in [1.807, 2.05) is 6.92 Å². The van der Waals surface area contributed by atoms with Gasteiger partial charge in [-0.25, -0.2) is 0 Å². The van der Waals surface area contributed by atoms with Gasteiger partial charge in [-0.1, -0.05) is 24.3 Å². The maximum absolute atomic E-state index is 9.10. The first-order chi connectivity index (χ1) is 7.61. The third kappa shape index (κ3) is 2.61. The second kappa shape index (κ2) is 4.53. The Morgan fingerprint density at radius 3 is 2.38 bits per heavy atom. The van der Waals surface area contributed by atoms with Crippen LogP contribution < -0.4 is 5.73 Å². The van der Waals surface area contributed by atoms with Crippen LogP contribution in [-0.2, 0) is 13.1 Å². The molecule has 1 aliphatic rings. The van der Waals surface area contributed by atoms with Gasteiger partial charge in [0.1, 0.15) is 0 Å². The fraction of sp³-hybridized carbons (Fsp3) is 0.538. The van der Waals surface area contributed by atoms with Crippen LogP contribution in [0.1, 0.15) is 24.5 Å². The van der Waals surface area contributed by atoms with E-state index in [1.54, 1.807) is 0 Å². The predicted octanol–water partition coefficient (Wildman–Crippen LogP) is 1.10. The summed E-state index contributed by atoms with van der Waals surface area (Å²) in [6, 6.07) is 8.54. The Morgan fingerprint density at radius 1 is 1.31 bits per heavy atom. The standard InChI is InChI=1S/C13H20N2O/c1-13(14,10-16)6-7-15-8-11-4-2-3-5-12(11)9-15/h2-5,16H,6-10,14H2,1H3. The van der Waals surface area contributed by atoms with Gasteiger partial charge in [-0.15, -0.1) is 0 Å². The number of fused-ring (bicyclic) bond motifs is 1. The molecule has 0 aliphatic carbocycles. The van der Waals surface area contributed by atoms with Crippen LogP contribution in [0.2, 0.25) is 0 Å². The van der Waals surface area contributed by atoms with E-state index >= 15 is 0 Å². The lowest BCUT2D eigenvalue weighted by Crippen LogP contribution is -2.42. The van der Waals surface area contributed by atoms with E-state index in [-0.39, 0.29) is 6.61 Å². The van der Waals surface area contributed by atoms with Crippen molar-refractivity contribution in [1.29, 1.82) is 0 Å². The molecule has 1 atom stereocenters. The molecular formula is C13H20N2O. The average molecular weight is 220 g/mol. The van der Waals surface area contributed by atoms with Gasteiger partial charge in [-0.3, -0.25) is 4.90 Å². The monoisotopic (exact) mass is 220 g/mol. The van der Waals surface area contributed by atoms with Crippen molar-refractivity contribution in [2.24, 2.45) is 5.73 Å². The number of aliphatic hydroxyl groups is 1.